The molecule has 0 radical (unpaired) electrons. The molecule has 5 N–H and O–H groups in total. The van der Waals surface area contributed by atoms with Gasteiger partial charge in [-0.15, -0.1) is 22.7 Å². The van der Waals surface area contributed by atoms with Gasteiger partial charge in [0.2, 0.25) is 17.7 Å². The molecule has 0 aliphatic carbocycles. The number of alkyl carbamates (subject to hydrolysis) is 1. The van der Waals surface area contributed by atoms with Gasteiger partial charge < -0.3 is 40.2 Å². The van der Waals surface area contributed by atoms with Gasteiger partial charge in [0, 0.05) is 35.0 Å². The summed E-state index contributed by atoms with van der Waals surface area (Å²) in [5.74, 6) is 0.332. The number of imidazole rings is 2. The van der Waals surface area contributed by atoms with Crippen molar-refractivity contribution in [1.82, 2.24) is 40.4 Å². The summed E-state index contributed by atoms with van der Waals surface area (Å²) in [5.41, 5.74) is 8.69. The van der Waals surface area contributed by atoms with E-state index in [4.69, 9.17) is 14.7 Å². The maximum Gasteiger partial charge on any atom is 0.407 e. The molecule has 2 aliphatic heterocycles. The molecule has 7 aromatic rings. The number of hydrogen-bond donors (Lipinski definition) is 5. The molecule has 14 nitrogen and oxygen atoms in total. The van der Waals surface area contributed by atoms with Gasteiger partial charge >= 0.3 is 6.09 Å². The lowest BCUT2D eigenvalue weighted by Gasteiger charge is -2.29. The monoisotopic (exact) mass is 884 g/mol. The number of carbonyl (C=O) groups excluding carboxylic acids is 4. The molecule has 2 unspecified atom stereocenters. The van der Waals surface area contributed by atoms with E-state index < -0.39 is 30.7 Å². The molecule has 4 aromatic heterocycles. The van der Waals surface area contributed by atoms with Crippen LogP contribution in [0.2, 0.25) is 0 Å². The number of aliphatic hydroxyl groups excluding tert-OH is 1. The molecule has 2 fully saturated rings. The number of nitrogens with one attached hydrogen (secondary N) is 4. The van der Waals surface area contributed by atoms with Gasteiger partial charge in [0.15, 0.2) is 0 Å². The second kappa shape index (κ2) is 17.8. The van der Waals surface area contributed by atoms with Gasteiger partial charge in [-0.2, -0.15) is 0 Å². The fourth-order valence-electron chi connectivity index (χ4n) is 8.87. The second-order valence-electron chi connectivity index (χ2n) is 16.4. The van der Waals surface area contributed by atoms with Crippen molar-refractivity contribution in [3.8, 4) is 33.5 Å². The van der Waals surface area contributed by atoms with E-state index in [1.165, 1.54) is 22.1 Å². The SMILES string of the molecule is COC(=O)N[C@H](C(=O)N1CCCC1c1nc2cc(-c3csc4c(-c5ccc(-c6cnc(C7CCCN7C(=O)[C@H](NC(=O)CO)c7ccccc7)[nH]6)cc5)csc34)ccc2[nH]1)C(C)C. The van der Waals surface area contributed by atoms with Crippen molar-refractivity contribution in [3.63, 3.8) is 0 Å². The maximum absolute atomic E-state index is 13.9. The molecule has 63 heavy (non-hydrogen) atoms. The van der Waals surface area contributed by atoms with Gasteiger partial charge in [-0.25, -0.2) is 14.8 Å². The average Bonchev–Trinajstić information content (AvgIpc) is 4.17. The average molecular weight is 885 g/mol. The molecule has 2 saturated heterocycles. The summed E-state index contributed by atoms with van der Waals surface area (Å²) >= 11 is 3.45. The zero-order chi connectivity index (χ0) is 43.8. The number of H-pyrrole nitrogens is 2. The van der Waals surface area contributed by atoms with Crippen LogP contribution in [-0.4, -0.2) is 91.5 Å². The highest BCUT2D eigenvalue weighted by atomic mass is 32.1. The number of likely N-dealkylation sites (tertiary alicyclic amines) is 2. The molecule has 0 spiro atoms. The largest absolute Gasteiger partial charge is 0.453 e. The quantitative estimate of drug-likeness (QED) is 0.0815. The zero-order valence-corrected chi connectivity index (χ0v) is 36.7. The highest BCUT2D eigenvalue weighted by Gasteiger charge is 2.39. The Hall–Kier alpha value is -6.36. The number of nitrogens with zero attached hydrogens (tertiary/aromatic N) is 4. The molecule has 16 heteroatoms. The molecule has 0 saturated carbocycles. The maximum atomic E-state index is 13.9. The first kappa shape index (κ1) is 42.0. The summed E-state index contributed by atoms with van der Waals surface area (Å²) in [4.78, 5) is 72.2. The van der Waals surface area contributed by atoms with Gasteiger partial charge in [0.25, 0.3) is 0 Å². The minimum absolute atomic E-state index is 0.112. The van der Waals surface area contributed by atoms with Crippen molar-refractivity contribution in [2.45, 2.75) is 63.7 Å². The number of aliphatic hydroxyl groups is 1. The Morgan fingerprint density at radius 2 is 1.44 bits per heavy atom. The number of carbonyl (C=O) groups is 4. The summed E-state index contributed by atoms with van der Waals surface area (Å²) in [6.45, 7) is 4.24. The molecular weight excluding hydrogens is 837 g/mol. The molecular formula is C47H48N8O6S2. The van der Waals surface area contributed by atoms with Crippen LogP contribution in [-0.2, 0) is 19.1 Å². The van der Waals surface area contributed by atoms with Gasteiger partial charge in [0.1, 0.15) is 30.3 Å². The summed E-state index contributed by atoms with van der Waals surface area (Å²) in [5, 5.41) is 19.3. The predicted molar refractivity (Wildman–Crippen MR) is 244 cm³/mol. The van der Waals surface area contributed by atoms with E-state index in [-0.39, 0.29) is 29.8 Å². The fraction of sp³-hybridized carbons (Fsp3) is 0.319. The Bertz CT molecular complexity index is 2790. The Kier molecular flexibility index (Phi) is 11.8. The van der Waals surface area contributed by atoms with E-state index in [9.17, 15) is 24.3 Å². The molecule has 4 amide bonds. The molecule has 6 heterocycles. The molecule has 3 aromatic carbocycles. The van der Waals surface area contributed by atoms with E-state index in [2.05, 4.69) is 73.8 Å². The van der Waals surface area contributed by atoms with Crippen LogP contribution in [0.15, 0.2) is 89.8 Å². The van der Waals surface area contributed by atoms with Gasteiger partial charge in [-0.3, -0.25) is 14.4 Å². The third-order valence-electron chi connectivity index (χ3n) is 12.1. The summed E-state index contributed by atoms with van der Waals surface area (Å²) in [7, 11) is 1.29. The Labute approximate surface area is 371 Å². The van der Waals surface area contributed by atoms with Crippen LogP contribution < -0.4 is 10.6 Å². The second-order valence-corrected chi connectivity index (χ2v) is 18.1. The number of ether oxygens (including phenoxy) is 1. The van der Waals surface area contributed by atoms with Crippen LogP contribution in [0.5, 0.6) is 0 Å². The Morgan fingerprint density at radius 3 is 2.11 bits per heavy atom. The topological polar surface area (TPSA) is 186 Å². The summed E-state index contributed by atoms with van der Waals surface area (Å²) in [6.07, 6.45) is 4.34. The Balaban J connectivity index is 0.905. The van der Waals surface area contributed by atoms with E-state index in [0.717, 1.165) is 70.5 Å². The van der Waals surface area contributed by atoms with Crippen LogP contribution in [0.25, 0.3) is 53.9 Å². The molecule has 2 aliphatic rings. The molecule has 4 atom stereocenters. The van der Waals surface area contributed by atoms with Crippen LogP contribution in [0.1, 0.15) is 74.9 Å². The standard InChI is InChI=1S/C47H48N8O6S2/c1-26(2)39(53-47(60)61-3)45(58)55-20-8-12-37(55)44-49-33-18-17-30(21-34(33)50-44)32-25-63-41-31(24-62-42(32)41)27-13-15-28(16-14-27)35-22-48-43(51-35)36-11-7-19-54(36)46(59)40(52-38(57)23-56)29-9-5-4-6-10-29/h4-6,9-10,13-18,21-22,24-26,36-37,39-40,56H,7-8,11-12,19-20,23H2,1-3H3,(H,48,51)(H,49,50)(H,52,57)(H,53,60)/t36?,37?,39-,40+/m0/s1. The van der Waals surface area contributed by atoms with Crippen molar-refractivity contribution >= 4 is 66.9 Å². The summed E-state index contributed by atoms with van der Waals surface area (Å²) in [6, 6.07) is 21.7. The lowest BCUT2D eigenvalue weighted by Crippen LogP contribution is -2.51. The van der Waals surface area contributed by atoms with Gasteiger partial charge in [-0.1, -0.05) is 74.5 Å². The normalized spacial score (nSPS) is 17.4. The zero-order valence-electron chi connectivity index (χ0n) is 35.1. The number of amides is 4. The van der Waals surface area contributed by atoms with Gasteiger partial charge in [0.05, 0.1) is 51.5 Å². The van der Waals surface area contributed by atoms with Crippen LogP contribution >= 0.6 is 22.7 Å². The van der Waals surface area contributed by atoms with Crippen LogP contribution in [0, 0.1) is 5.92 Å². The lowest BCUT2D eigenvalue weighted by molar-refractivity contribution is -0.138. The van der Waals surface area contributed by atoms with E-state index in [1.807, 2.05) is 36.9 Å². The first-order valence-corrected chi connectivity index (χ1v) is 22.9. The minimum atomic E-state index is -0.916. The smallest absolute Gasteiger partial charge is 0.407 e. The van der Waals surface area contributed by atoms with E-state index >= 15 is 0 Å². The first-order chi connectivity index (χ1) is 30.6. The summed E-state index contributed by atoms with van der Waals surface area (Å²) < 4.78 is 7.21. The fourth-order valence-corrected chi connectivity index (χ4v) is 11.3. The van der Waals surface area contributed by atoms with Crippen molar-refractivity contribution in [3.05, 3.63) is 107 Å². The van der Waals surface area contributed by atoms with E-state index in [1.54, 1.807) is 45.9 Å². The number of fused-ring (bicyclic) bond motifs is 2. The predicted octanol–water partition coefficient (Wildman–Crippen LogP) is 8.12. The number of hydrogen-bond acceptors (Lipinski definition) is 10. The number of methoxy groups -OCH3 is 1. The van der Waals surface area contributed by atoms with Crippen molar-refractivity contribution in [2.24, 2.45) is 5.92 Å². The highest BCUT2D eigenvalue weighted by molar-refractivity contribution is 7.27. The van der Waals surface area contributed by atoms with Crippen molar-refractivity contribution in [1.29, 1.82) is 0 Å². The number of aromatic nitrogens is 4. The number of rotatable bonds is 12. The Morgan fingerprint density at radius 1 is 0.810 bits per heavy atom. The van der Waals surface area contributed by atoms with Crippen molar-refractivity contribution < 1.29 is 29.0 Å². The number of thiophene rings is 2. The molecule has 0 bridgehead atoms. The van der Waals surface area contributed by atoms with Crippen LogP contribution in [0.4, 0.5) is 4.79 Å². The number of aromatic amines is 2. The highest BCUT2D eigenvalue weighted by Crippen LogP contribution is 2.45. The first-order valence-electron chi connectivity index (χ1n) is 21.2. The molecule has 9 rings (SSSR count). The third kappa shape index (κ3) is 8.21. The minimum Gasteiger partial charge on any atom is -0.453 e. The van der Waals surface area contributed by atoms with Crippen molar-refractivity contribution in [2.75, 3.05) is 26.8 Å². The van der Waals surface area contributed by atoms with Crippen LogP contribution in [0.3, 0.4) is 0 Å². The number of benzene rings is 3. The van der Waals surface area contributed by atoms with Gasteiger partial charge in [-0.05, 0) is 66.0 Å². The lowest BCUT2D eigenvalue weighted by atomic mass is 10.0. The third-order valence-corrected chi connectivity index (χ3v) is 14.3. The molecule has 324 valence electrons. The van der Waals surface area contributed by atoms with E-state index in [0.29, 0.717) is 24.5 Å².